The van der Waals surface area contributed by atoms with Crippen molar-refractivity contribution in [3.05, 3.63) is 52.2 Å². The summed E-state index contributed by atoms with van der Waals surface area (Å²) in [6, 6.07) is 7.45. The Bertz CT molecular complexity index is 655. The number of hydrogen-bond donors (Lipinski definition) is 1. The predicted molar refractivity (Wildman–Crippen MR) is 91.4 cm³/mol. The number of thiophene rings is 1. The molecule has 0 unspecified atom stereocenters. The van der Waals surface area contributed by atoms with E-state index in [2.05, 4.69) is 5.32 Å². The summed E-state index contributed by atoms with van der Waals surface area (Å²) in [5.74, 6) is -0.305. The molecule has 2 aromatic rings. The lowest BCUT2D eigenvalue weighted by Gasteiger charge is -2.24. The second kappa shape index (κ2) is 8.04. The molecule has 1 heterocycles. The largest absolute Gasteiger partial charge is 0.446 e. The standard InChI is InChI=1S/C16H17F3N2OS2/c1-21(2)14(12-7-8-23-10-12)9-20-15(22)11-3-5-13(6-4-11)24-16(17,18)19/h3-8,10,14H,9H2,1-2H3,(H,20,22)/t14-/m1/s1. The van der Waals surface area contributed by atoms with Gasteiger partial charge in [0.25, 0.3) is 5.91 Å². The summed E-state index contributed by atoms with van der Waals surface area (Å²) < 4.78 is 36.9. The SMILES string of the molecule is CN(C)[C@H](CNC(=O)c1ccc(SC(F)(F)F)cc1)c1ccsc1. The number of thioether (sulfide) groups is 1. The molecule has 0 aliphatic heterocycles. The summed E-state index contributed by atoms with van der Waals surface area (Å²) in [6.45, 7) is 0.418. The van der Waals surface area contributed by atoms with Gasteiger partial charge in [0.15, 0.2) is 0 Å². The normalized spacial score (nSPS) is 13.1. The van der Waals surface area contributed by atoms with Crippen LogP contribution < -0.4 is 5.32 Å². The minimum absolute atomic E-state index is 0.0419. The fourth-order valence-corrected chi connectivity index (χ4v) is 3.41. The van der Waals surface area contributed by atoms with Crippen LogP contribution in [0.2, 0.25) is 0 Å². The highest BCUT2D eigenvalue weighted by molar-refractivity contribution is 8.00. The fraction of sp³-hybridized carbons (Fsp3) is 0.312. The van der Waals surface area contributed by atoms with Crippen LogP contribution in [0.25, 0.3) is 0 Å². The Kier molecular flexibility index (Phi) is 6.31. The number of rotatable bonds is 6. The van der Waals surface area contributed by atoms with Crippen molar-refractivity contribution >= 4 is 29.0 Å². The number of alkyl halides is 3. The molecule has 8 heteroatoms. The average Bonchev–Trinajstić information content (AvgIpc) is 3.00. The molecule has 24 heavy (non-hydrogen) atoms. The van der Waals surface area contributed by atoms with E-state index >= 15 is 0 Å². The Balaban J connectivity index is 1.96. The molecule has 0 bridgehead atoms. The van der Waals surface area contributed by atoms with Crippen LogP contribution in [0.1, 0.15) is 22.0 Å². The predicted octanol–water partition coefficient (Wildman–Crippen LogP) is 4.39. The first-order chi connectivity index (χ1) is 11.3. The lowest BCUT2D eigenvalue weighted by Crippen LogP contribution is -2.34. The molecule has 0 saturated carbocycles. The van der Waals surface area contributed by atoms with Gasteiger partial charge in [-0.25, -0.2) is 0 Å². The number of carbonyl (C=O) groups excluding carboxylic acids is 1. The number of amides is 1. The van der Waals surface area contributed by atoms with Crippen LogP contribution in [-0.2, 0) is 0 Å². The topological polar surface area (TPSA) is 32.3 Å². The van der Waals surface area contributed by atoms with Gasteiger partial charge in [-0.15, -0.1) is 0 Å². The van der Waals surface area contributed by atoms with E-state index < -0.39 is 5.51 Å². The molecule has 0 aliphatic rings. The number of hydrogen-bond acceptors (Lipinski definition) is 4. The Morgan fingerprint density at radius 3 is 2.42 bits per heavy atom. The van der Waals surface area contributed by atoms with Gasteiger partial charge in [0.05, 0.1) is 6.04 Å². The summed E-state index contributed by atoms with van der Waals surface area (Å²) in [4.78, 5) is 14.2. The number of nitrogens with one attached hydrogen (secondary N) is 1. The van der Waals surface area contributed by atoms with Crippen molar-refractivity contribution in [1.29, 1.82) is 0 Å². The highest BCUT2D eigenvalue weighted by atomic mass is 32.2. The summed E-state index contributed by atoms with van der Waals surface area (Å²) in [6.07, 6.45) is 0. The van der Waals surface area contributed by atoms with Crippen molar-refractivity contribution < 1.29 is 18.0 Å². The molecule has 1 aromatic heterocycles. The lowest BCUT2D eigenvalue weighted by atomic mass is 10.1. The Morgan fingerprint density at radius 1 is 1.25 bits per heavy atom. The molecule has 0 fully saturated rings. The second-order valence-electron chi connectivity index (χ2n) is 5.32. The fourth-order valence-electron chi connectivity index (χ4n) is 2.16. The molecule has 1 atom stereocenters. The zero-order valence-electron chi connectivity index (χ0n) is 13.1. The van der Waals surface area contributed by atoms with E-state index in [-0.39, 0.29) is 28.6 Å². The van der Waals surface area contributed by atoms with Crippen LogP contribution in [0.3, 0.4) is 0 Å². The third-order valence-electron chi connectivity index (χ3n) is 3.36. The molecule has 0 radical (unpaired) electrons. The van der Waals surface area contributed by atoms with E-state index in [9.17, 15) is 18.0 Å². The quantitative estimate of drug-likeness (QED) is 0.761. The highest BCUT2D eigenvalue weighted by Crippen LogP contribution is 2.36. The maximum Gasteiger partial charge on any atom is 0.446 e. The van der Waals surface area contributed by atoms with Crippen LogP contribution >= 0.6 is 23.1 Å². The summed E-state index contributed by atoms with van der Waals surface area (Å²) in [5, 5.41) is 6.84. The van der Waals surface area contributed by atoms with Gasteiger partial charge >= 0.3 is 5.51 Å². The Morgan fingerprint density at radius 2 is 1.92 bits per heavy atom. The third-order valence-corrected chi connectivity index (χ3v) is 4.80. The van der Waals surface area contributed by atoms with Crippen LogP contribution in [0.5, 0.6) is 0 Å². The first kappa shape index (κ1) is 18.8. The van der Waals surface area contributed by atoms with E-state index in [1.54, 1.807) is 11.3 Å². The van der Waals surface area contributed by atoms with E-state index in [1.807, 2.05) is 35.8 Å². The third kappa shape index (κ3) is 5.54. The maximum absolute atomic E-state index is 12.3. The molecule has 0 spiro atoms. The molecule has 1 N–H and O–H groups in total. The molecule has 130 valence electrons. The molecule has 1 amide bonds. The molecule has 3 nitrogen and oxygen atoms in total. The molecule has 2 rings (SSSR count). The van der Waals surface area contributed by atoms with Gasteiger partial charge in [-0.05, 0) is 72.5 Å². The first-order valence-electron chi connectivity index (χ1n) is 7.09. The zero-order chi connectivity index (χ0) is 17.7. The highest BCUT2D eigenvalue weighted by Gasteiger charge is 2.29. The van der Waals surface area contributed by atoms with Gasteiger partial charge in [-0.3, -0.25) is 4.79 Å². The average molecular weight is 374 g/mol. The van der Waals surface area contributed by atoms with Crippen LogP contribution in [0.15, 0.2) is 46.0 Å². The van der Waals surface area contributed by atoms with Crippen molar-refractivity contribution in [3.8, 4) is 0 Å². The van der Waals surface area contributed by atoms with Gasteiger partial charge < -0.3 is 10.2 Å². The van der Waals surface area contributed by atoms with Gasteiger partial charge in [0, 0.05) is 17.0 Å². The monoisotopic (exact) mass is 374 g/mol. The van der Waals surface area contributed by atoms with Crippen molar-refractivity contribution in [2.45, 2.75) is 16.4 Å². The second-order valence-corrected chi connectivity index (χ2v) is 7.24. The van der Waals surface area contributed by atoms with Crippen LogP contribution in [0, 0.1) is 0 Å². The number of carbonyl (C=O) groups is 1. The van der Waals surface area contributed by atoms with Crippen LogP contribution in [-0.4, -0.2) is 37.0 Å². The number of benzene rings is 1. The summed E-state index contributed by atoms with van der Waals surface area (Å²) in [7, 11) is 3.86. The van der Waals surface area contributed by atoms with E-state index in [0.717, 1.165) is 5.56 Å². The van der Waals surface area contributed by atoms with Crippen molar-refractivity contribution in [1.82, 2.24) is 10.2 Å². The first-order valence-corrected chi connectivity index (χ1v) is 8.85. The van der Waals surface area contributed by atoms with E-state index in [1.165, 1.54) is 24.3 Å². The Labute approximate surface area is 146 Å². The minimum atomic E-state index is -4.33. The van der Waals surface area contributed by atoms with E-state index in [0.29, 0.717) is 12.1 Å². The summed E-state index contributed by atoms with van der Waals surface area (Å²) >= 11 is 1.39. The molecule has 0 saturated heterocycles. The lowest BCUT2D eigenvalue weighted by molar-refractivity contribution is -0.0328. The number of likely N-dealkylation sites (N-methyl/N-ethyl adjacent to an activating group) is 1. The number of halogens is 3. The van der Waals surface area contributed by atoms with Gasteiger partial charge in [0.2, 0.25) is 0 Å². The van der Waals surface area contributed by atoms with Gasteiger partial charge in [-0.1, -0.05) is 0 Å². The van der Waals surface area contributed by atoms with E-state index in [4.69, 9.17) is 0 Å². The molecule has 0 aliphatic carbocycles. The van der Waals surface area contributed by atoms with Crippen LogP contribution in [0.4, 0.5) is 13.2 Å². The molecule has 1 aromatic carbocycles. The van der Waals surface area contributed by atoms with Crippen molar-refractivity contribution in [3.63, 3.8) is 0 Å². The number of nitrogens with zero attached hydrogens (tertiary/aromatic N) is 1. The Hall–Kier alpha value is -1.51. The smallest absolute Gasteiger partial charge is 0.350 e. The van der Waals surface area contributed by atoms with Gasteiger partial charge in [0.1, 0.15) is 0 Å². The van der Waals surface area contributed by atoms with Crippen molar-refractivity contribution in [2.24, 2.45) is 0 Å². The maximum atomic E-state index is 12.3. The van der Waals surface area contributed by atoms with Gasteiger partial charge in [-0.2, -0.15) is 24.5 Å². The molecular weight excluding hydrogens is 357 g/mol. The summed E-state index contributed by atoms with van der Waals surface area (Å²) in [5.41, 5.74) is -2.88. The van der Waals surface area contributed by atoms with Crippen molar-refractivity contribution in [2.75, 3.05) is 20.6 Å². The zero-order valence-corrected chi connectivity index (χ0v) is 14.8. The minimum Gasteiger partial charge on any atom is -0.350 e. The molecular formula is C16H17F3N2OS2.